The van der Waals surface area contributed by atoms with E-state index in [1.807, 2.05) is 26.0 Å². The largest absolute Gasteiger partial charge is 0.383 e. The van der Waals surface area contributed by atoms with Gasteiger partial charge in [0.2, 0.25) is 11.8 Å². The van der Waals surface area contributed by atoms with Gasteiger partial charge in [-0.1, -0.05) is 42.8 Å². The van der Waals surface area contributed by atoms with E-state index < -0.39 is 5.91 Å². The molecule has 2 aromatic heterocycles. The highest BCUT2D eigenvalue weighted by molar-refractivity contribution is 6.03. The van der Waals surface area contributed by atoms with E-state index in [-0.39, 0.29) is 29.8 Å². The predicted octanol–water partition coefficient (Wildman–Crippen LogP) is 3.71. The minimum Gasteiger partial charge on any atom is -0.383 e. The van der Waals surface area contributed by atoms with Crippen molar-refractivity contribution in [1.29, 1.82) is 0 Å². The fourth-order valence-electron chi connectivity index (χ4n) is 4.28. The van der Waals surface area contributed by atoms with E-state index in [4.69, 9.17) is 16.0 Å². The smallest absolute Gasteiger partial charge is 0.254 e. The lowest BCUT2D eigenvalue weighted by Gasteiger charge is -2.37. The SMILES string of the molecule is CC(C)n1nc(-c2ccc(CC(=O)Nc3cc(CC4(C)CCC4)no3)cc2)c(C(N)=O)c1N. The Morgan fingerprint density at radius 1 is 1.24 bits per heavy atom. The molecule has 1 aliphatic carbocycles. The monoisotopic (exact) mass is 450 g/mol. The van der Waals surface area contributed by atoms with Gasteiger partial charge in [0.25, 0.3) is 5.91 Å². The summed E-state index contributed by atoms with van der Waals surface area (Å²) in [7, 11) is 0. The van der Waals surface area contributed by atoms with Crippen LogP contribution >= 0.6 is 0 Å². The molecule has 0 bridgehead atoms. The minimum atomic E-state index is -0.629. The zero-order chi connectivity index (χ0) is 23.8. The summed E-state index contributed by atoms with van der Waals surface area (Å²) in [5.74, 6) is -0.230. The number of benzene rings is 1. The Labute approximate surface area is 192 Å². The van der Waals surface area contributed by atoms with Gasteiger partial charge in [-0.05, 0) is 44.1 Å². The highest BCUT2D eigenvalue weighted by Crippen LogP contribution is 2.43. The van der Waals surface area contributed by atoms with Crippen LogP contribution in [0.15, 0.2) is 34.9 Å². The molecular formula is C24H30N6O3. The van der Waals surface area contributed by atoms with Crippen LogP contribution in [0.25, 0.3) is 11.3 Å². The Bertz CT molecular complexity index is 1170. The van der Waals surface area contributed by atoms with Crippen LogP contribution in [0.4, 0.5) is 11.7 Å². The summed E-state index contributed by atoms with van der Waals surface area (Å²) in [4.78, 5) is 24.4. The van der Waals surface area contributed by atoms with E-state index in [1.165, 1.54) is 19.3 Å². The zero-order valence-corrected chi connectivity index (χ0v) is 19.2. The van der Waals surface area contributed by atoms with Crippen molar-refractivity contribution >= 4 is 23.5 Å². The molecule has 33 heavy (non-hydrogen) atoms. The number of primary amides is 1. The number of anilines is 2. The van der Waals surface area contributed by atoms with Crippen molar-refractivity contribution in [3.63, 3.8) is 0 Å². The molecule has 0 spiro atoms. The Morgan fingerprint density at radius 3 is 2.52 bits per heavy atom. The normalized spacial score (nSPS) is 14.8. The van der Waals surface area contributed by atoms with Gasteiger partial charge in [0.15, 0.2) is 0 Å². The Balaban J connectivity index is 1.42. The number of aromatic nitrogens is 3. The molecule has 0 unspecified atom stereocenters. The molecule has 0 aliphatic heterocycles. The first kappa shape index (κ1) is 22.6. The Hall–Kier alpha value is -3.62. The number of nitrogen functional groups attached to an aromatic ring is 1. The number of rotatable bonds is 8. The molecule has 9 heteroatoms. The maximum Gasteiger partial charge on any atom is 0.254 e. The van der Waals surface area contributed by atoms with Crippen LogP contribution in [0.2, 0.25) is 0 Å². The number of amides is 2. The first-order valence-corrected chi connectivity index (χ1v) is 11.2. The molecule has 0 radical (unpaired) electrons. The summed E-state index contributed by atoms with van der Waals surface area (Å²) in [5, 5.41) is 11.3. The molecule has 174 valence electrons. The van der Waals surface area contributed by atoms with Gasteiger partial charge in [0.05, 0.1) is 12.1 Å². The second kappa shape index (κ2) is 8.73. The molecule has 4 rings (SSSR count). The van der Waals surface area contributed by atoms with Crippen LogP contribution in [0.3, 0.4) is 0 Å². The summed E-state index contributed by atoms with van der Waals surface area (Å²) in [6, 6.07) is 9.00. The molecule has 1 aliphatic rings. The van der Waals surface area contributed by atoms with Gasteiger partial charge in [-0.25, -0.2) is 4.68 Å². The van der Waals surface area contributed by atoms with E-state index in [1.54, 1.807) is 22.9 Å². The van der Waals surface area contributed by atoms with Gasteiger partial charge in [0, 0.05) is 17.7 Å². The van der Waals surface area contributed by atoms with Crippen molar-refractivity contribution in [1.82, 2.24) is 14.9 Å². The average Bonchev–Trinajstić information content (AvgIpc) is 3.31. The van der Waals surface area contributed by atoms with E-state index in [9.17, 15) is 9.59 Å². The zero-order valence-electron chi connectivity index (χ0n) is 19.2. The summed E-state index contributed by atoms with van der Waals surface area (Å²) >= 11 is 0. The maximum absolute atomic E-state index is 12.5. The number of hydrogen-bond donors (Lipinski definition) is 3. The number of hydrogen-bond acceptors (Lipinski definition) is 6. The van der Waals surface area contributed by atoms with Gasteiger partial charge >= 0.3 is 0 Å². The second-order valence-electron chi connectivity index (χ2n) is 9.46. The summed E-state index contributed by atoms with van der Waals surface area (Å²) in [5.41, 5.74) is 14.9. The summed E-state index contributed by atoms with van der Waals surface area (Å²) in [6.07, 6.45) is 4.68. The van der Waals surface area contributed by atoms with E-state index >= 15 is 0 Å². The molecule has 1 fully saturated rings. The minimum absolute atomic E-state index is 0.0204. The molecule has 5 N–H and O–H groups in total. The van der Waals surface area contributed by atoms with Crippen molar-refractivity contribution in [3.8, 4) is 11.3 Å². The quantitative estimate of drug-likeness (QED) is 0.477. The second-order valence-corrected chi connectivity index (χ2v) is 9.46. The fourth-order valence-corrected chi connectivity index (χ4v) is 4.28. The molecule has 1 saturated carbocycles. The summed E-state index contributed by atoms with van der Waals surface area (Å²) in [6.45, 7) is 6.09. The molecule has 9 nitrogen and oxygen atoms in total. The molecule has 3 aromatic rings. The third-order valence-electron chi connectivity index (χ3n) is 6.27. The molecule has 1 aromatic carbocycles. The van der Waals surface area contributed by atoms with E-state index in [0.29, 0.717) is 22.6 Å². The van der Waals surface area contributed by atoms with Crippen molar-refractivity contribution in [2.24, 2.45) is 11.1 Å². The first-order chi connectivity index (χ1) is 15.6. The van der Waals surface area contributed by atoms with Crippen LogP contribution in [0, 0.1) is 5.41 Å². The van der Waals surface area contributed by atoms with Crippen molar-refractivity contribution in [2.45, 2.75) is 58.9 Å². The van der Waals surface area contributed by atoms with Crippen LogP contribution in [-0.4, -0.2) is 26.8 Å². The molecule has 2 amide bonds. The lowest BCUT2D eigenvalue weighted by Crippen LogP contribution is -2.27. The number of carbonyl (C=O) groups excluding carboxylic acids is 2. The summed E-state index contributed by atoms with van der Waals surface area (Å²) < 4.78 is 6.86. The van der Waals surface area contributed by atoms with Gasteiger partial charge in [-0.3, -0.25) is 14.9 Å². The van der Waals surface area contributed by atoms with Crippen LogP contribution in [-0.2, 0) is 17.6 Å². The number of nitrogens with one attached hydrogen (secondary N) is 1. The number of carbonyl (C=O) groups is 2. The maximum atomic E-state index is 12.5. The predicted molar refractivity (Wildman–Crippen MR) is 125 cm³/mol. The third kappa shape index (κ3) is 4.76. The Morgan fingerprint density at radius 2 is 1.94 bits per heavy atom. The van der Waals surface area contributed by atoms with Crippen molar-refractivity contribution < 1.29 is 14.1 Å². The molecule has 0 atom stereocenters. The third-order valence-corrected chi connectivity index (χ3v) is 6.27. The molecule has 0 saturated heterocycles. The van der Waals surface area contributed by atoms with Gasteiger partial charge in [0.1, 0.15) is 17.1 Å². The standard InChI is InChI=1S/C24H30N6O3/c1-14(2)30-22(25)20(23(26)32)21(28-30)16-7-5-15(6-8-16)11-18(31)27-19-12-17(29-33-19)13-24(3)9-4-10-24/h5-8,12,14H,4,9-11,13,25H2,1-3H3,(H2,26,32)(H,27,31). The number of nitrogens with zero attached hydrogens (tertiary/aromatic N) is 3. The van der Waals surface area contributed by atoms with E-state index in [0.717, 1.165) is 17.7 Å². The van der Waals surface area contributed by atoms with Gasteiger partial charge in [-0.15, -0.1) is 0 Å². The van der Waals surface area contributed by atoms with Crippen LogP contribution in [0.5, 0.6) is 0 Å². The van der Waals surface area contributed by atoms with Crippen LogP contribution in [0.1, 0.15) is 67.7 Å². The number of nitrogens with two attached hydrogens (primary N) is 2. The highest BCUT2D eigenvalue weighted by Gasteiger charge is 2.33. The van der Waals surface area contributed by atoms with Crippen LogP contribution < -0.4 is 16.8 Å². The van der Waals surface area contributed by atoms with Crippen molar-refractivity contribution in [3.05, 3.63) is 47.2 Å². The Kier molecular flexibility index (Phi) is 5.97. The fraction of sp³-hybridized carbons (Fsp3) is 0.417. The van der Waals surface area contributed by atoms with Gasteiger partial charge < -0.3 is 16.0 Å². The topological polar surface area (TPSA) is 142 Å². The lowest BCUT2D eigenvalue weighted by molar-refractivity contribution is -0.115. The average molecular weight is 451 g/mol. The molecular weight excluding hydrogens is 420 g/mol. The van der Waals surface area contributed by atoms with Gasteiger partial charge in [-0.2, -0.15) is 5.10 Å². The first-order valence-electron chi connectivity index (χ1n) is 11.2. The highest BCUT2D eigenvalue weighted by atomic mass is 16.5. The van der Waals surface area contributed by atoms with E-state index in [2.05, 4.69) is 22.5 Å². The van der Waals surface area contributed by atoms with Crippen molar-refractivity contribution in [2.75, 3.05) is 11.1 Å². The lowest BCUT2D eigenvalue weighted by atomic mass is 9.68. The molecule has 2 heterocycles.